The van der Waals surface area contributed by atoms with Gasteiger partial charge in [-0.2, -0.15) is 0 Å². The van der Waals surface area contributed by atoms with E-state index in [1.165, 1.54) is 0 Å². The van der Waals surface area contributed by atoms with E-state index in [1.54, 1.807) is 0 Å². The molecule has 1 aliphatic rings. The second kappa shape index (κ2) is 3.51. The highest BCUT2D eigenvalue weighted by molar-refractivity contribution is 6.22. The Labute approximate surface area is 64.6 Å². The van der Waals surface area contributed by atoms with Crippen LogP contribution in [0.1, 0.15) is 25.7 Å². The number of hydrogen-bond acceptors (Lipinski definition) is 0. The minimum atomic E-state index is -2.30. The topological polar surface area (TPSA) is 0 Å². The van der Waals surface area contributed by atoms with Gasteiger partial charge in [0.2, 0.25) is 6.43 Å². The van der Waals surface area contributed by atoms with Crippen molar-refractivity contribution < 1.29 is 8.78 Å². The van der Waals surface area contributed by atoms with Crippen LogP contribution >= 0.6 is 11.6 Å². The van der Waals surface area contributed by atoms with Gasteiger partial charge in [0.05, 0.1) is 5.92 Å². The first-order chi connectivity index (χ1) is 4.72. The van der Waals surface area contributed by atoms with Crippen molar-refractivity contribution in [1.82, 2.24) is 0 Å². The van der Waals surface area contributed by atoms with Gasteiger partial charge in [-0.1, -0.05) is 12.8 Å². The van der Waals surface area contributed by atoms with Gasteiger partial charge in [0.1, 0.15) is 0 Å². The normalized spacial score (nSPS) is 29.4. The van der Waals surface area contributed by atoms with E-state index in [0.29, 0.717) is 6.42 Å². The number of alkyl halides is 3. The van der Waals surface area contributed by atoms with Crippen LogP contribution in [0.5, 0.6) is 0 Å². The van der Waals surface area contributed by atoms with Crippen molar-refractivity contribution in [3.05, 3.63) is 5.92 Å². The Hall–Kier alpha value is 0.150. The molecule has 1 rings (SSSR count). The molecule has 1 aliphatic carbocycles. The Kier molecular flexibility index (Phi) is 2.90. The van der Waals surface area contributed by atoms with Gasteiger partial charge in [-0.05, 0) is 12.8 Å². The van der Waals surface area contributed by atoms with Gasteiger partial charge in [0.15, 0.2) is 0 Å². The molecule has 0 aromatic heterocycles. The lowest BCUT2D eigenvalue weighted by Crippen LogP contribution is -2.23. The molecule has 1 unspecified atom stereocenters. The lowest BCUT2D eigenvalue weighted by Gasteiger charge is -2.25. The van der Waals surface area contributed by atoms with E-state index in [-0.39, 0.29) is 11.3 Å². The van der Waals surface area contributed by atoms with Gasteiger partial charge < -0.3 is 0 Å². The SMILES string of the molecule is FC(F)[C]1CCCCC1Cl. The first-order valence-electron chi connectivity index (χ1n) is 3.49. The number of rotatable bonds is 1. The molecule has 0 N–H and O–H groups in total. The van der Waals surface area contributed by atoms with Gasteiger partial charge in [-0.15, -0.1) is 11.6 Å². The molecule has 0 aromatic rings. The van der Waals surface area contributed by atoms with Gasteiger partial charge in [-0.25, -0.2) is 8.78 Å². The highest BCUT2D eigenvalue weighted by atomic mass is 35.5. The Morgan fingerprint density at radius 1 is 1.40 bits per heavy atom. The molecule has 0 heterocycles. The first kappa shape index (κ1) is 8.25. The molecule has 59 valence electrons. The van der Waals surface area contributed by atoms with Crippen molar-refractivity contribution >= 4 is 11.6 Å². The van der Waals surface area contributed by atoms with Gasteiger partial charge >= 0.3 is 0 Å². The van der Waals surface area contributed by atoms with Crippen LogP contribution in [0.2, 0.25) is 0 Å². The van der Waals surface area contributed by atoms with Crippen molar-refractivity contribution in [3.8, 4) is 0 Å². The molecule has 0 nitrogen and oxygen atoms in total. The molecule has 0 aromatic carbocycles. The summed E-state index contributed by atoms with van der Waals surface area (Å²) in [5, 5.41) is -0.367. The smallest absolute Gasteiger partial charge is 0.210 e. The number of halogens is 3. The molecule has 1 atom stereocenters. The molecular weight excluding hydrogens is 158 g/mol. The summed E-state index contributed by atoms with van der Waals surface area (Å²) in [6.07, 6.45) is 0.808. The van der Waals surface area contributed by atoms with E-state index >= 15 is 0 Å². The fourth-order valence-electron chi connectivity index (χ4n) is 1.24. The summed E-state index contributed by atoms with van der Waals surface area (Å²) in [5.74, 6) is 0.243. The predicted octanol–water partition coefficient (Wildman–Crippen LogP) is 3.01. The van der Waals surface area contributed by atoms with Gasteiger partial charge in [0, 0.05) is 5.38 Å². The van der Waals surface area contributed by atoms with Crippen molar-refractivity contribution in [3.63, 3.8) is 0 Å². The minimum Gasteiger partial charge on any atom is -0.210 e. The molecule has 1 saturated carbocycles. The summed E-state index contributed by atoms with van der Waals surface area (Å²) in [5.41, 5.74) is 0. The number of hydrogen-bond donors (Lipinski definition) is 0. The van der Waals surface area contributed by atoms with Crippen molar-refractivity contribution in [2.75, 3.05) is 0 Å². The van der Waals surface area contributed by atoms with Crippen LogP contribution in [-0.2, 0) is 0 Å². The Balaban J connectivity index is 2.40. The standard InChI is InChI=1S/C7H10ClF2/c8-6-4-2-1-3-5(6)7(9)10/h6-7H,1-4H2. The summed E-state index contributed by atoms with van der Waals surface area (Å²) in [6, 6.07) is 0. The van der Waals surface area contributed by atoms with E-state index < -0.39 is 6.43 Å². The van der Waals surface area contributed by atoms with Crippen LogP contribution in [0.4, 0.5) is 8.78 Å². The largest absolute Gasteiger partial charge is 0.246 e. The van der Waals surface area contributed by atoms with Crippen molar-refractivity contribution in [2.24, 2.45) is 0 Å². The molecule has 0 spiro atoms. The zero-order chi connectivity index (χ0) is 7.56. The predicted molar refractivity (Wildman–Crippen MR) is 37.4 cm³/mol. The van der Waals surface area contributed by atoms with Crippen LogP contribution in [-0.4, -0.2) is 11.8 Å². The third kappa shape index (κ3) is 1.82. The molecule has 0 amide bonds. The van der Waals surface area contributed by atoms with E-state index in [9.17, 15) is 8.78 Å². The van der Waals surface area contributed by atoms with E-state index in [4.69, 9.17) is 11.6 Å². The first-order valence-corrected chi connectivity index (χ1v) is 3.93. The highest BCUT2D eigenvalue weighted by Gasteiger charge is 2.31. The maximum Gasteiger partial charge on any atom is 0.246 e. The average molecular weight is 168 g/mol. The summed E-state index contributed by atoms with van der Waals surface area (Å²) in [4.78, 5) is 0. The van der Waals surface area contributed by atoms with Gasteiger partial charge in [-0.3, -0.25) is 0 Å². The lowest BCUT2D eigenvalue weighted by molar-refractivity contribution is 0.144. The monoisotopic (exact) mass is 167 g/mol. The lowest BCUT2D eigenvalue weighted by atomic mass is 9.89. The van der Waals surface area contributed by atoms with Crippen LogP contribution in [0.15, 0.2) is 0 Å². The molecule has 0 aliphatic heterocycles. The molecule has 1 fully saturated rings. The zero-order valence-electron chi connectivity index (χ0n) is 5.62. The maximum atomic E-state index is 12.0. The second-order valence-corrected chi connectivity index (χ2v) is 3.12. The highest BCUT2D eigenvalue weighted by Crippen LogP contribution is 2.34. The van der Waals surface area contributed by atoms with Gasteiger partial charge in [0.25, 0.3) is 0 Å². The molecule has 10 heavy (non-hydrogen) atoms. The third-order valence-corrected chi connectivity index (χ3v) is 2.35. The van der Waals surface area contributed by atoms with E-state index in [0.717, 1.165) is 19.3 Å². The molecule has 0 bridgehead atoms. The molecule has 3 heteroatoms. The summed E-state index contributed by atoms with van der Waals surface area (Å²) in [7, 11) is 0. The molecule has 0 saturated heterocycles. The van der Waals surface area contributed by atoms with Crippen LogP contribution in [0, 0.1) is 5.92 Å². The quantitative estimate of drug-likeness (QED) is 0.527. The van der Waals surface area contributed by atoms with E-state index in [1.807, 2.05) is 0 Å². The second-order valence-electron chi connectivity index (χ2n) is 2.59. The Morgan fingerprint density at radius 3 is 2.50 bits per heavy atom. The summed E-state index contributed by atoms with van der Waals surface area (Å²) in [6.45, 7) is 0. The van der Waals surface area contributed by atoms with Crippen LogP contribution < -0.4 is 0 Å². The molecule has 1 radical (unpaired) electrons. The fourth-order valence-corrected chi connectivity index (χ4v) is 1.60. The Bertz CT molecular complexity index is 106. The maximum absolute atomic E-state index is 12.0. The zero-order valence-corrected chi connectivity index (χ0v) is 6.37. The summed E-state index contributed by atoms with van der Waals surface area (Å²) < 4.78 is 24.1. The fraction of sp³-hybridized carbons (Fsp3) is 0.857. The van der Waals surface area contributed by atoms with Crippen LogP contribution in [0.25, 0.3) is 0 Å². The minimum absolute atomic E-state index is 0.243. The third-order valence-electron chi connectivity index (χ3n) is 1.86. The molecular formula is C7H10ClF2. The van der Waals surface area contributed by atoms with Crippen LogP contribution in [0.3, 0.4) is 0 Å². The average Bonchev–Trinajstić information content (AvgIpc) is 1.88. The Morgan fingerprint density at radius 2 is 2.10 bits per heavy atom. The summed E-state index contributed by atoms with van der Waals surface area (Å²) >= 11 is 5.66. The van der Waals surface area contributed by atoms with Crippen molar-refractivity contribution in [1.29, 1.82) is 0 Å². The van der Waals surface area contributed by atoms with E-state index in [2.05, 4.69) is 0 Å². The van der Waals surface area contributed by atoms with Crippen molar-refractivity contribution in [2.45, 2.75) is 37.5 Å².